The first-order chi connectivity index (χ1) is 8.22. The van der Waals surface area contributed by atoms with Crippen molar-refractivity contribution < 1.29 is 4.74 Å². The van der Waals surface area contributed by atoms with Gasteiger partial charge in [0.25, 0.3) is 0 Å². The van der Waals surface area contributed by atoms with Crippen LogP contribution in [0.1, 0.15) is 5.56 Å². The van der Waals surface area contributed by atoms with Crippen molar-refractivity contribution in [3.63, 3.8) is 0 Å². The number of nitrogen functional groups attached to an aromatic ring is 1. The minimum atomic E-state index is 0.303. The summed E-state index contributed by atoms with van der Waals surface area (Å²) in [5, 5.41) is 9.36. The minimum Gasteiger partial charge on any atom is -0.454 e. The maximum atomic E-state index is 9.00. The van der Waals surface area contributed by atoms with Gasteiger partial charge in [-0.3, -0.25) is 0 Å². The smallest absolute Gasteiger partial charge is 0.150 e. The Hall–Kier alpha value is -2.18. The van der Waals surface area contributed by atoms with Crippen LogP contribution in [-0.2, 0) is 0 Å². The number of para-hydroxylation sites is 2. The molecule has 0 amide bonds. The highest BCUT2D eigenvalue weighted by Gasteiger charge is 2.09. The van der Waals surface area contributed by atoms with E-state index in [1.807, 2.05) is 18.2 Å². The predicted molar refractivity (Wildman–Crippen MR) is 67.1 cm³/mol. The molecule has 0 heterocycles. The molecular formula is C13H9ClN2O. The molecule has 0 aliphatic heterocycles. The first-order valence-electron chi connectivity index (χ1n) is 4.93. The first kappa shape index (κ1) is 11.3. The number of nitrogens with two attached hydrogens (primary N) is 1. The van der Waals surface area contributed by atoms with Crippen LogP contribution in [0.5, 0.6) is 11.5 Å². The Morgan fingerprint density at radius 3 is 2.47 bits per heavy atom. The van der Waals surface area contributed by atoms with Gasteiger partial charge in [-0.05, 0) is 24.3 Å². The normalized spacial score (nSPS) is 9.65. The quantitative estimate of drug-likeness (QED) is 0.822. The summed E-state index contributed by atoms with van der Waals surface area (Å²) in [5.41, 5.74) is 6.57. The molecule has 4 heteroatoms. The molecular weight excluding hydrogens is 236 g/mol. The molecule has 2 N–H and O–H groups in total. The number of anilines is 1. The highest BCUT2D eigenvalue weighted by atomic mass is 35.5. The van der Waals surface area contributed by atoms with Gasteiger partial charge in [0.2, 0.25) is 0 Å². The average Bonchev–Trinajstić information content (AvgIpc) is 2.32. The van der Waals surface area contributed by atoms with Gasteiger partial charge in [0.05, 0.1) is 10.7 Å². The van der Waals surface area contributed by atoms with Crippen molar-refractivity contribution in [3.05, 3.63) is 53.1 Å². The zero-order valence-corrected chi connectivity index (χ0v) is 9.61. The Kier molecular flexibility index (Phi) is 3.17. The number of nitriles is 1. The Morgan fingerprint density at radius 2 is 1.76 bits per heavy atom. The van der Waals surface area contributed by atoms with Crippen LogP contribution in [0.2, 0.25) is 5.02 Å². The summed E-state index contributed by atoms with van der Waals surface area (Å²) in [6, 6.07) is 14.1. The zero-order chi connectivity index (χ0) is 12.3. The van der Waals surface area contributed by atoms with Gasteiger partial charge in [-0.1, -0.05) is 29.8 Å². The molecule has 0 aliphatic rings. The summed E-state index contributed by atoms with van der Waals surface area (Å²) in [6.45, 7) is 0. The van der Waals surface area contributed by atoms with Crippen molar-refractivity contribution in [3.8, 4) is 17.6 Å². The molecule has 3 nitrogen and oxygen atoms in total. The predicted octanol–water partition coefficient (Wildman–Crippen LogP) is 3.59. The van der Waals surface area contributed by atoms with Crippen LogP contribution in [-0.4, -0.2) is 0 Å². The lowest BCUT2D eigenvalue weighted by molar-refractivity contribution is 0.483. The standard InChI is InChI=1S/C13H9ClN2O/c14-10-4-3-7-12(9(10)8-15)17-13-6-2-1-5-11(13)16/h1-7H,16H2. The van der Waals surface area contributed by atoms with Gasteiger partial charge in [-0.15, -0.1) is 0 Å². The topological polar surface area (TPSA) is 59.0 Å². The molecule has 0 aromatic heterocycles. The molecule has 0 aliphatic carbocycles. The minimum absolute atomic E-state index is 0.303. The monoisotopic (exact) mass is 244 g/mol. The maximum absolute atomic E-state index is 9.00. The average molecular weight is 245 g/mol. The van der Waals surface area contributed by atoms with Crippen LogP contribution in [0.3, 0.4) is 0 Å². The fraction of sp³-hybridized carbons (Fsp3) is 0. The molecule has 0 bridgehead atoms. The van der Waals surface area contributed by atoms with E-state index in [1.165, 1.54) is 0 Å². The lowest BCUT2D eigenvalue weighted by Crippen LogP contribution is -1.93. The second-order valence-corrected chi connectivity index (χ2v) is 3.77. The lowest BCUT2D eigenvalue weighted by atomic mass is 10.2. The highest BCUT2D eigenvalue weighted by molar-refractivity contribution is 6.31. The lowest BCUT2D eigenvalue weighted by Gasteiger charge is -2.09. The molecule has 0 spiro atoms. The van der Waals surface area contributed by atoms with E-state index in [9.17, 15) is 0 Å². The van der Waals surface area contributed by atoms with Gasteiger partial charge < -0.3 is 10.5 Å². The fourth-order valence-electron chi connectivity index (χ4n) is 1.39. The molecule has 0 unspecified atom stereocenters. The number of nitrogens with zero attached hydrogens (tertiary/aromatic N) is 1. The van der Waals surface area contributed by atoms with E-state index < -0.39 is 0 Å². The van der Waals surface area contributed by atoms with Crippen LogP contribution < -0.4 is 10.5 Å². The van der Waals surface area contributed by atoms with E-state index in [-0.39, 0.29) is 0 Å². The second-order valence-electron chi connectivity index (χ2n) is 3.36. The second kappa shape index (κ2) is 4.77. The Labute approximate surface area is 104 Å². The summed E-state index contributed by atoms with van der Waals surface area (Å²) in [7, 11) is 0. The Morgan fingerprint density at radius 1 is 1.06 bits per heavy atom. The summed E-state index contributed by atoms with van der Waals surface area (Å²) in [5.74, 6) is 0.907. The fourth-order valence-corrected chi connectivity index (χ4v) is 1.60. The van der Waals surface area contributed by atoms with Crippen LogP contribution >= 0.6 is 11.6 Å². The molecule has 0 atom stereocenters. The maximum Gasteiger partial charge on any atom is 0.150 e. The summed E-state index contributed by atoms with van der Waals surface area (Å²) < 4.78 is 5.58. The van der Waals surface area contributed by atoms with Crippen molar-refractivity contribution in [1.29, 1.82) is 5.26 Å². The molecule has 2 rings (SSSR count). The number of hydrogen-bond donors (Lipinski definition) is 1. The van der Waals surface area contributed by atoms with Crippen molar-refractivity contribution in [2.45, 2.75) is 0 Å². The number of rotatable bonds is 2. The van der Waals surface area contributed by atoms with Crippen LogP contribution in [0.15, 0.2) is 42.5 Å². The van der Waals surface area contributed by atoms with E-state index in [0.29, 0.717) is 27.8 Å². The van der Waals surface area contributed by atoms with Crippen LogP contribution in [0.25, 0.3) is 0 Å². The summed E-state index contributed by atoms with van der Waals surface area (Å²) in [6.07, 6.45) is 0. The largest absolute Gasteiger partial charge is 0.454 e. The van der Waals surface area contributed by atoms with Crippen molar-refractivity contribution in [2.75, 3.05) is 5.73 Å². The summed E-state index contributed by atoms with van der Waals surface area (Å²) in [4.78, 5) is 0. The van der Waals surface area contributed by atoms with Crippen molar-refractivity contribution in [1.82, 2.24) is 0 Å². The van der Waals surface area contributed by atoms with E-state index in [0.717, 1.165) is 0 Å². The molecule has 2 aromatic carbocycles. The van der Waals surface area contributed by atoms with E-state index in [1.54, 1.807) is 30.3 Å². The van der Waals surface area contributed by atoms with Gasteiger partial charge in [0, 0.05) is 0 Å². The van der Waals surface area contributed by atoms with E-state index in [4.69, 9.17) is 27.3 Å². The van der Waals surface area contributed by atoms with Crippen molar-refractivity contribution in [2.24, 2.45) is 0 Å². The highest BCUT2D eigenvalue weighted by Crippen LogP contribution is 2.32. The Bertz CT molecular complexity index is 590. The first-order valence-corrected chi connectivity index (χ1v) is 5.31. The van der Waals surface area contributed by atoms with E-state index >= 15 is 0 Å². The molecule has 2 aromatic rings. The zero-order valence-electron chi connectivity index (χ0n) is 8.85. The third-order valence-corrected chi connectivity index (χ3v) is 2.54. The third kappa shape index (κ3) is 2.32. The molecule has 0 radical (unpaired) electrons. The van der Waals surface area contributed by atoms with Crippen molar-refractivity contribution >= 4 is 17.3 Å². The number of halogens is 1. The van der Waals surface area contributed by atoms with Crippen LogP contribution in [0, 0.1) is 11.3 Å². The Balaban J connectivity index is 2.41. The third-order valence-electron chi connectivity index (χ3n) is 2.23. The van der Waals surface area contributed by atoms with Gasteiger partial charge >= 0.3 is 0 Å². The summed E-state index contributed by atoms with van der Waals surface area (Å²) >= 11 is 5.90. The van der Waals surface area contributed by atoms with Gasteiger partial charge in [-0.25, -0.2) is 0 Å². The molecule has 17 heavy (non-hydrogen) atoms. The number of hydrogen-bond acceptors (Lipinski definition) is 3. The SMILES string of the molecule is N#Cc1c(Cl)cccc1Oc1ccccc1N. The molecule has 0 fully saturated rings. The van der Waals surface area contributed by atoms with Gasteiger partial charge in [0.1, 0.15) is 23.1 Å². The molecule has 0 saturated heterocycles. The number of benzene rings is 2. The molecule has 0 saturated carbocycles. The number of ether oxygens (including phenoxy) is 1. The van der Waals surface area contributed by atoms with Gasteiger partial charge in [-0.2, -0.15) is 5.26 Å². The van der Waals surface area contributed by atoms with Gasteiger partial charge in [0.15, 0.2) is 0 Å². The van der Waals surface area contributed by atoms with Crippen LogP contribution in [0.4, 0.5) is 5.69 Å². The molecule has 84 valence electrons. The van der Waals surface area contributed by atoms with E-state index in [2.05, 4.69) is 0 Å².